The van der Waals surface area contributed by atoms with Crippen LogP contribution in [0.5, 0.6) is 0 Å². The molecule has 2 aromatic carbocycles. The lowest BCUT2D eigenvalue weighted by molar-refractivity contribution is -0.121. The molecule has 0 saturated carbocycles. The second-order valence-corrected chi connectivity index (χ2v) is 9.75. The van der Waals surface area contributed by atoms with Crippen molar-refractivity contribution in [2.45, 2.75) is 38.0 Å². The van der Waals surface area contributed by atoms with E-state index < -0.39 is 5.92 Å². The van der Waals surface area contributed by atoms with E-state index in [4.69, 9.17) is 0 Å². The predicted octanol–water partition coefficient (Wildman–Crippen LogP) is 4.44. The van der Waals surface area contributed by atoms with Gasteiger partial charge < -0.3 is 14.7 Å². The minimum Gasteiger partial charge on any atom is -0.311 e. The van der Waals surface area contributed by atoms with E-state index in [1.165, 1.54) is 18.4 Å². The van der Waals surface area contributed by atoms with Crippen molar-refractivity contribution in [1.82, 2.24) is 9.80 Å². The van der Waals surface area contributed by atoms with Crippen LogP contribution in [-0.2, 0) is 4.79 Å². The first-order valence-corrected chi connectivity index (χ1v) is 12.4. The number of carbonyl (C=O) groups is 2. The Labute approximate surface area is 198 Å². The highest BCUT2D eigenvalue weighted by atomic mass is 16.2. The highest BCUT2D eigenvalue weighted by Gasteiger charge is 2.38. The van der Waals surface area contributed by atoms with Gasteiger partial charge in [0.1, 0.15) is 5.92 Å². The molecule has 1 atom stereocenters. The summed E-state index contributed by atoms with van der Waals surface area (Å²) in [5.41, 5.74) is 2.93. The molecule has 1 fully saturated rings. The number of likely N-dealkylation sites (tertiary alicyclic amines) is 1. The molecule has 2 aliphatic heterocycles. The van der Waals surface area contributed by atoms with Crippen LogP contribution in [0.2, 0.25) is 0 Å². The lowest BCUT2D eigenvalue weighted by Gasteiger charge is -2.35. The summed E-state index contributed by atoms with van der Waals surface area (Å²) in [4.78, 5) is 33.0. The molecule has 4 rings (SSSR count). The smallest absolute Gasteiger partial charge is 0.237 e. The third kappa shape index (κ3) is 5.71. The lowest BCUT2D eigenvalue weighted by atomic mass is 9.86. The summed E-state index contributed by atoms with van der Waals surface area (Å²) in [6.45, 7) is 4.71. The number of benzene rings is 2. The number of Topliss-reactive ketones (excluding diaryl/α,β-unsaturated/α-hetero) is 1. The van der Waals surface area contributed by atoms with Gasteiger partial charge in [0.2, 0.25) is 5.91 Å². The maximum atomic E-state index is 13.3. The van der Waals surface area contributed by atoms with E-state index in [1.54, 1.807) is 0 Å². The van der Waals surface area contributed by atoms with Crippen molar-refractivity contribution >= 4 is 17.4 Å². The highest BCUT2D eigenvalue weighted by Crippen LogP contribution is 2.33. The van der Waals surface area contributed by atoms with E-state index in [-0.39, 0.29) is 11.7 Å². The summed E-state index contributed by atoms with van der Waals surface area (Å²) in [6, 6.07) is 18.4. The summed E-state index contributed by atoms with van der Waals surface area (Å²) in [7, 11) is 4.09. The molecule has 2 heterocycles. The average molecular weight is 448 g/mol. The van der Waals surface area contributed by atoms with Gasteiger partial charge in [-0.2, -0.15) is 0 Å². The number of anilines is 1. The van der Waals surface area contributed by atoms with Crippen molar-refractivity contribution in [2.24, 2.45) is 5.92 Å². The van der Waals surface area contributed by atoms with Crippen LogP contribution in [0.25, 0.3) is 0 Å². The molecule has 176 valence electrons. The molecule has 2 aromatic rings. The third-order valence-electron chi connectivity index (χ3n) is 7.15. The largest absolute Gasteiger partial charge is 0.311 e. The number of nitrogens with zero attached hydrogens (tertiary/aromatic N) is 3. The molecule has 1 saturated heterocycles. The number of rotatable bonds is 9. The predicted molar refractivity (Wildman–Crippen MR) is 134 cm³/mol. The average Bonchev–Trinajstić information content (AvgIpc) is 2.84. The van der Waals surface area contributed by atoms with Crippen molar-refractivity contribution in [2.75, 3.05) is 51.7 Å². The van der Waals surface area contributed by atoms with Crippen LogP contribution in [0.3, 0.4) is 0 Å². The summed E-state index contributed by atoms with van der Waals surface area (Å²) in [5.74, 6) is 0.0970. The van der Waals surface area contributed by atoms with Gasteiger partial charge in [-0.1, -0.05) is 42.5 Å². The standard InChI is InChI=1S/C28H37N3O2/c1-29(2)17-9-19-31-26-14-7-6-12-24(26)27(32)25(28(31)33)13-8-18-30-20-15-23(16-21-30)22-10-4-3-5-11-22/h3-7,10-12,14,23,25H,8-9,13,15-21H2,1-2H3. The molecular weight excluding hydrogens is 410 g/mol. The summed E-state index contributed by atoms with van der Waals surface area (Å²) < 4.78 is 0. The van der Waals surface area contributed by atoms with E-state index in [2.05, 4.69) is 40.1 Å². The minimum atomic E-state index is -0.541. The van der Waals surface area contributed by atoms with Gasteiger partial charge in [0.05, 0.1) is 5.69 Å². The zero-order valence-corrected chi connectivity index (χ0v) is 20.1. The number of hydrogen-bond donors (Lipinski definition) is 0. The Kier molecular flexibility index (Phi) is 7.94. The number of piperidine rings is 1. The fourth-order valence-electron chi connectivity index (χ4n) is 5.29. The zero-order chi connectivity index (χ0) is 23.2. The summed E-state index contributed by atoms with van der Waals surface area (Å²) >= 11 is 0. The van der Waals surface area contributed by atoms with Crippen LogP contribution in [0.15, 0.2) is 54.6 Å². The first kappa shape index (κ1) is 23.7. The van der Waals surface area contributed by atoms with Crippen LogP contribution in [-0.4, -0.2) is 68.3 Å². The quantitative estimate of drug-likeness (QED) is 0.533. The Morgan fingerprint density at radius 3 is 2.30 bits per heavy atom. The molecule has 5 heteroatoms. The molecule has 0 N–H and O–H groups in total. The Balaban J connectivity index is 1.32. The maximum absolute atomic E-state index is 13.3. The topological polar surface area (TPSA) is 43.9 Å². The van der Waals surface area contributed by atoms with Gasteiger partial charge >= 0.3 is 0 Å². The molecular formula is C28H37N3O2. The molecule has 5 nitrogen and oxygen atoms in total. The van der Waals surface area contributed by atoms with Crippen LogP contribution in [0.4, 0.5) is 5.69 Å². The number of fused-ring (bicyclic) bond motifs is 1. The second kappa shape index (κ2) is 11.1. The summed E-state index contributed by atoms with van der Waals surface area (Å²) in [6.07, 6.45) is 4.77. The van der Waals surface area contributed by atoms with E-state index in [9.17, 15) is 9.59 Å². The number of amides is 1. The van der Waals surface area contributed by atoms with Gasteiger partial charge in [0.15, 0.2) is 5.78 Å². The second-order valence-electron chi connectivity index (χ2n) is 9.75. The number of para-hydroxylation sites is 1. The third-order valence-corrected chi connectivity index (χ3v) is 7.15. The zero-order valence-electron chi connectivity index (χ0n) is 20.1. The van der Waals surface area contributed by atoms with Gasteiger partial charge in [-0.05, 0) is 96.0 Å². The molecule has 2 aliphatic rings. The fraction of sp³-hybridized carbons (Fsp3) is 0.500. The van der Waals surface area contributed by atoms with Crippen molar-refractivity contribution in [1.29, 1.82) is 0 Å². The minimum absolute atomic E-state index is 0.00208. The summed E-state index contributed by atoms with van der Waals surface area (Å²) in [5, 5.41) is 0. The lowest BCUT2D eigenvalue weighted by Crippen LogP contribution is -2.46. The monoisotopic (exact) mass is 447 g/mol. The van der Waals surface area contributed by atoms with Crippen LogP contribution in [0.1, 0.15) is 53.9 Å². The van der Waals surface area contributed by atoms with E-state index >= 15 is 0 Å². The van der Waals surface area contributed by atoms with Crippen molar-refractivity contribution in [3.8, 4) is 0 Å². The first-order chi connectivity index (χ1) is 16.0. The number of ketones is 1. The number of hydrogen-bond acceptors (Lipinski definition) is 4. The fourth-order valence-corrected chi connectivity index (χ4v) is 5.29. The molecule has 0 aliphatic carbocycles. The first-order valence-electron chi connectivity index (χ1n) is 12.4. The van der Waals surface area contributed by atoms with Crippen molar-refractivity contribution < 1.29 is 9.59 Å². The normalized spacial score (nSPS) is 19.8. The van der Waals surface area contributed by atoms with Gasteiger partial charge in [-0.25, -0.2) is 0 Å². The Morgan fingerprint density at radius 2 is 1.58 bits per heavy atom. The van der Waals surface area contributed by atoms with Crippen LogP contribution < -0.4 is 4.90 Å². The van der Waals surface area contributed by atoms with E-state index in [0.29, 0.717) is 24.4 Å². The highest BCUT2D eigenvalue weighted by molar-refractivity contribution is 6.21. The molecule has 33 heavy (non-hydrogen) atoms. The van der Waals surface area contributed by atoms with Crippen molar-refractivity contribution in [3.63, 3.8) is 0 Å². The number of carbonyl (C=O) groups excluding carboxylic acids is 2. The molecule has 1 unspecified atom stereocenters. The SMILES string of the molecule is CN(C)CCCN1C(=O)C(CCCN2CCC(c3ccccc3)CC2)C(=O)c2ccccc21. The molecule has 0 aromatic heterocycles. The Hall–Kier alpha value is -2.50. The van der Waals surface area contributed by atoms with Gasteiger partial charge in [0.25, 0.3) is 0 Å². The van der Waals surface area contributed by atoms with E-state index in [1.807, 2.05) is 43.3 Å². The molecule has 0 radical (unpaired) electrons. The van der Waals surface area contributed by atoms with Crippen LogP contribution in [0, 0.1) is 5.92 Å². The molecule has 0 spiro atoms. The molecule has 1 amide bonds. The van der Waals surface area contributed by atoms with Crippen molar-refractivity contribution in [3.05, 3.63) is 65.7 Å². The van der Waals surface area contributed by atoms with Gasteiger partial charge in [-0.3, -0.25) is 9.59 Å². The Morgan fingerprint density at radius 1 is 0.879 bits per heavy atom. The van der Waals surface area contributed by atoms with Crippen LogP contribution >= 0.6 is 0 Å². The Bertz CT molecular complexity index is 935. The van der Waals surface area contributed by atoms with E-state index in [0.717, 1.165) is 44.7 Å². The van der Waals surface area contributed by atoms with Gasteiger partial charge in [-0.15, -0.1) is 0 Å². The molecule has 0 bridgehead atoms. The maximum Gasteiger partial charge on any atom is 0.237 e. The van der Waals surface area contributed by atoms with Gasteiger partial charge in [0, 0.05) is 12.1 Å².